The third-order valence-corrected chi connectivity index (χ3v) is 2.74. The van der Waals surface area contributed by atoms with Crippen molar-refractivity contribution in [1.29, 1.82) is 0 Å². The van der Waals surface area contributed by atoms with E-state index in [2.05, 4.69) is 20.6 Å². The molecule has 0 aromatic carbocycles. The van der Waals surface area contributed by atoms with E-state index in [1.807, 2.05) is 13.0 Å². The van der Waals surface area contributed by atoms with Gasteiger partial charge in [-0.05, 0) is 44.8 Å². The summed E-state index contributed by atoms with van der Waals surface area (Å²) in [5, 5.41) is 6.69. The van der Waals surface area contributed by atoms with Crippen molar-refractivity contribution >= 4 is 5.95 Å². The summed E-state index contributed by atoms with van der Waals surface area (Å²) in [5.74, 6) is 1.46. The number of piperidine rings is 1. The van der Waals surface area contributed by atoms with Crippen molar-refractivity contribution in [2.24, 2.45) is 5.92 Å². The second-order valence-electron chi connectivity index (χ2n) is 4.11. The van der Waals surface area contributed by atoms with Gasteiger partial charge in [-0.2, -0.15) is 0 Å². The van der Waals surface area contributed by atoms with Gasteiger partial charge in [-0.3, -0.25) is 0 Å². The third-order valence-electron chi connectivity index (χ3n) is 2.74. The Labute approximate surface area is 90.5 Å². The Morgan fingerprint density at radius 3 is 3.27 bits per heavy atom. The Morgan fingerprint density at radius 2 is 2.53 bits per heavy atom. The molecule has 0 unspecified atom stereocenters. The highest BCUT2D eigenvalue weighted by Gasteiger charge is 2.12. The number of nitrogens with zero attached hydrogens (tertiary/aromatic N) is 2. The first-order valence-electron chi connectivity index (χ1n) is 5.59. The molecule has 82 valence electrons. The molecular weight excluding hydrogens is 188 g/mol. The minimum atomic E-state index is 0.711. The summed E-state index contributed by atoms with van der Waals surface area (Å²) >= 11 is 0. The van der Waals surface area contributed by atoms with Crippen LogP contribution in [0.25, 0.3) is 0 Å². The highest BCUT2D eigenvalue weighted by atomic mass is 15.1. The van der Waals surface area contributed by atoms with Crippen LogP contribution in [-0.4, -0.2) is 29.6 Å². The largest absolute Gasteiger partial charge is 0.354 e. The number of aryl methyl sites for hydroxylation is 1. The van der Waals surface area contributed by atoms with E-state index in [1.165, 1.54) is 12.8 Å². The Kier molecular flexibility index (Phi) is 3.50. The Hall–Kier alpha value is -1.16. The van der Waals surface area contributed by atoms with Crippen LogP contribution < -0.4 is 10.6 Å². The van der Waals surface area contributed by atoms with E-state index in [1.54, 1.807) is 6.20 Å². The van der Waals surface area contributed by atoms with E-state index in [9.17, 15) is 0 Å². The first-order chi connectivity index (χ1) is 7.34. The van der Waals surface area contributed by atoms with Crippen molar-refractivity contribution in [2.75, 3.05) is 25.0 Å². The highest BCUT2D eigenvalue weighted by molar-refractivity contribution is 5.24. The van der Waals surface area contributed by atoms with Gasteiger partial charge < -0.3 is 10.6 Å². The maximum Gasteiger partial charge on any atom is 0.222 e. The predicted molar refractivity (Wildman–Crippen MR) is 60.9 cm³/mol. The van der Waals surface area contributed by atoms with Gasteiger partial charge in [0.05, 0.1) is 0 Å². The molecule has 0 amide bonds. The highest BCUT2D eigenvalue weighted by Crippen LogP contribution is 2.10. The number of aromatic nitrogens is 2. The van der Waals surface area contributed by atoms with Crippen LogP contribution in [0.1, 0.15) is 18.5 Å². The van der Waals surface area contributed by atoms with E-state index in [4.69, 9.17) is 0 Å². The number of hydrogen-bond acceptors (Lipinski definition) is 4. The van der Waals surface area contributed by atoms with Gasteiger partial charge in [0.15, 0.2) is 0 Å². The van der Waals surface area contributed by atoms with E-state index < -0.39 is 0 Å². The molecule has 2 N–H and O–H groups in total. The molecule has 2 heterocycles. The van der Waals surface area contributed by atoms with E-state index in [-0.39, 0.29) is 0 Å². The van der Waals surface area contributed by atoms with Crippen molar-refractivity contribution in [3.63, 3.8) is 0 Å². The average Bonchev–Trinajstić information content (AvgIpc) is 2.28. The Bertz CT molecular complexity index is 307. The summed E-state index contributed by atoms with van der Waals surface area (Å²) in [7, 11) is 0. The van der Waals surface area contributed by atoms with Crippen LogP contribution >= 0.6 is 0 Å². The number of anilines is 1. The standard InChI is InChI=1S/C11H18N4/c1-9-4-6-13-11(15-9)14-8-10-3-2-5-12-7-10/h4,6,10,12H,2-3,5,7-8H2,1H3,(H,13,14,15)/t10-/m0/s1. The molecule has 4 nitrogen and oxygen atoms in total. The Morgan fingerprint density at radius 1 is 1.60 bits per heavy atom. The van der Waals surface area contributed by atoms with Crippen molar-refractivity contribution in [2.45, 2.75) is 19.8 Å². The van der Waals surface area contributed by atoms with Crippen LogP contribution in [0, 0.1) is 12.8 Å². The fraction of sp³-hybridized carbons (Fsp3) is 0.636. The zero-order chi connectivity index (χ0) is 10.5. The van der Waals surface area contributed by atoms with Crippen LogP contribution in [0.4, 0.5) is 5.95 Å². The van der Waals surface area contributed by atoms with Gasteiger partial charge in [-0.15, -0.1) is 0 Å². The van der Waals surface area contributed by atoms with Crippen molar-refractivity contribution in [3.05, 3.63) is 18.0 Å². The van der Waals surface area contributed by atoms with Crippen molar-refractivity contribution in [3.8, 4) is 0 Å². The molecule has 2 rings (SSSR count). The lowest BCUT2D eigenvalue weighted by Gasteiger charge is -2.22. The molecule has 0 bridgehead atoms. The van der Waals surface area contributed by atoms with Gasteiger partial charge >= 0.3 is 0 Å². The second kappa shape index (κ2) is 5.07. The predicted octanol–water partition coefficient (Wildman–Crippen LogP) is 1.20. The molecule has 1 aliphatic rings. The van der Waals surface area contributed by atoms with Crippen molar-refractivity contribution < 1.29 is 0 Å². The number of hydrogen-bond donors (Lipinski definition) is 2. The lowest BCUT2D eigenvalue weighted by atomic mass is 10.00. The van der Waals surface area contributed by atoms with E-state index in [0.29, 0.717) is 5.92 Å². The summed E-state index contributed by atoms with van der Waals surface area (Å²) in [5.41, 5.74) is 1.01. The van der Waals surface area contributed by atoms with E-state index >= 15 is 0 Å². The Balaban J connectivity index is 1.81. The fourth-order valence-corrected chi connectivity index (χ4v) is 1.87. The molecule has 0 aliphatic carbocycles. The van der Waals surface area contributed by atoms with Gasteiger partial charge in [0.1, 0.15) is 0 Å². The average molecular weight is 206 g/mol. The summed E-state index contributed by atoms with van der Waals surface area (Å²) in [6.45, 7) is 5.22. The minimum Gasteiger partial charge on any atom is -0.354 e. The first kappa shape index (κ1) is 10.4. The van der Waals surface area contributed by atoms with Gasteiger partial charge in [0.25, 0.3) is 0 Å². The molecule has 15 heavy (non-hydrogen) atoms. The van der Waals surface area contributed by atoms with Crippen LogP contribution in [0.2, 0.25) is 0 Å². The minimum absolute atomic E-state index is 0.711. The lowest BCUT2D eigenvalue weighted by molar-refractivity contribution is 0.392. The fourth-order valence-electron chi connectivity index (χ4n) is 1.87. The normalized spacial score (nSPS) is 21.3. The maximum absolute atomic E-state index is 4.31. The molecule has 1 aromatic heterocycles. The number of nitrogens with one attached hydrogen (secondary N) is 2. The molecule has 4 heteroatoms. The zero-order valence-electron chi connectivity index (χ0n) is 9.16. The summed E-state index contributed by atoms with van der Waals surface area (Å²) in [6, 6.07) is 1.91. The van der Waals surface area contributed by atoms with Gasteiger partial charge in [-0.25, -0.2) is 9.97 Å². The topological polar surface area (TPSA) is 49.8 Å². The zero-order valence-corrected chi connectivity index (χ0v) is 9.16. The van der Waals surface area contributed by atoms with Crippen LogP contribution in [0.5, 0.6) is 0 Å². The molecule has 1 aliphatic heterocycles. The summed E-state index contributed by atoms with van der Waals surface area (Å²) in [6.07, 6.45) is 4.37. The van der Waals surface area contributed by atoms with E-state index in [0.717, 1.165) is 31.3 Å². The van der Waals surface area contributed by atoms with Crippen LogP contribution in [-0.2, 0) is 0 Å². The molecule has 1 atom stereocenters. The first-order valence-corrected chi connectivity index (χ1v) is 5.59. The molecule has 0 saturated carbocycles. The van der Waals surface area contributed by atoms with Crippen LogP contribution in [0.3, 0.4) is 0 Å². The summed E-state index contributed by atoms with van der Waals surface area (Å²) in [4.78, 5) is 8.50. The molecule has 1 fully saturated rings. The SMILES string of the molecule is Cc1ccnc(NC[C@H]2CCCNC2)n1. The summed E-state index contributed by atoms with van der Waals surface area (Å²) < 4.78 is 0. The third kappa shape index (κ3) is 3.16. The monoisotopic (exact) mass is 206 g/mol. The van der Waals surface area contributed by atoms with Gasteiger partial charge in [0, 0.05) is 18.4 Å². The molecule has 0 spiro atoms. The number of rotatable bonds is 3. The molecule has 1 saturated heterocycles. The van der Waals surface area contributed by atoms with Crippen LogP contribution in [0.15, 0.2) is 12.3 Å². The maximum atomic E-state index is 4.31. The smallest absolute Gasteiger partial charge is 0.222 e. The lowest BCUT2D eigenvalue weighted by Crippen LogP contribution is -2.33. The van der Waals surface area contributed by atoms with Gasteiger partial charge in [-0.1, -0.05) is 0 Å². The van der Waals surface area contributed by atoms with Crippen molar-refractivity contribution in [1.82, 2.24) is 15.3 Å². The molecular formula is C11H18N4. The quantitative estimate of drug-likeness (QED) is 0.780. The molecule has 1 aromatic rings. The molecule has 0 radical (unpaired) electrons. The second-order valence-corrected chi connectivity index (χ2v) is 4.11. The van der Waals surface area contributed by atoms with Gasteiger partial charge in [0.2, 0.25) is 5.95 Å².